The van der Waals surface area contributed by atoms with Gasteiger partial charge < -0.3 is 10.4 Å². The van der Waals surface area contributed by atoms with E-state index < -0.39 is 11.9 Å². The Morgan fingerprint density at radius 3 is 2.33 bits per heavy atom. The van der Waals surface area contributed by atoms with Crippen molar-refractivity contribution in [3.8, 4) is 0 Å². The van der Waals surface area contributed by atoms with Crippen LogP contribution in [0, 0.1) is 26.7 Å². The number of hydrogen-bond acceptors (Lipinski definition) is 2. The standard InChI is InChI=1S/C15H23NO2/c1-6-12(15(17)18)14(16-5)13-8-7-9(2)10(3)11(13)4/h7-8,12,14,16H,6H2,1-5H3,(H,17,18). The Hall–Kier alpha value is -1.35. The quantitative estimate of drug-likeness (QED) is 0.843. The zero-order valence-electron chi connectivity index (χ0n) is 11.9. The summed E-state index contributed by atoms with van der Waals surface area (Å²) in [5.74, 6) is -1.13. The predicted octanol–water partition coefficient (Wildman–Crippen LogP) is 2.98. The molecule has 1 aromatic rings. The Bertz CT molecular complexity index is 440. The van der Waals surface area contributed by atoms with Crippen molar-refractivity contribution in [1.29, 1.82) is 0 Å². The second kappa shape index (κ2) is 6.01. The number of nitrogens with one attached hydrogen (secondary N) is 1. The molecule has 0 aromatic heterocycles. The maximum absolute atomic E-state index is 11.3. The van der Waals surface area contributed by atoms with E-state index in [1.165, 1.54) is 16.7 Å². The minimum Gasteiger partial charge on any atom is -0.481 e. The number of rotatable bonds is 5. The summed E-state index contributed by atoms with van der Waals surface area (Å²) in [5.41, 5.74) is 4.77. The van der Waals surface area contributed by atoms with Crippen molar-refractivity contribution < 1.29 is 9.90 Å². The second-order valence-electron chi connectivity index (χ2n) is 4.84. The zero-order chi connectivity index (χ0) is 13.9. The van der Waals surface area contributed by atoms with Crippen LogP contribution in [-0.2, 0) is 4.79 Å². The largest absolute Gasteiger partial charge is 0.481 e. The van der Waals surface area contributed by atoms with Crippen LogP contribution in [0.15, 0.2) is 12.1 Å². The third-order valence-corrected chi connectivity index (χ3v) is 3.91. The molecule has 0 amide bonds. The Morgan fingerprint density at radius 1 is 1.28 bits per heavy atom. The molecule has 2 N–H and O–H groups in total. The van der Waals surface area contributed by atoms with Crippen LogP contribution in [0.25, 0.3) is 0 Å². The average molecular weight is 249 g/mol. The van der Waals surface area contributed by atoms with Crippen LogP contribution in [0.5, 0.6) is 0 Å². The SMILES string of the molecule is CCC(C(=O)O)C(NC)c1ccc(C)c(C)c1C. The fraction of sp³-hybridized carbons (Fsp3) is 0.533. The lowest BCUT2D eigenvalue weighted by atomic mass is 9.86. The maximum Gasteiger partial charge on any atom is 0.308 e. The van der Waals surface area contributed by atoms with Crippen molar-refractivity contribution in [3.63, 3.8) is 0 Å². The number of benzene rings is 1. The third kappa shape index (κ3) is 2.72. The average Bonchev–Trinajstić information content (AvgIpc) is 2.33. The molecule has 0 aliphatic heterocycles. The highest BCUT2D eigenvalue weighted by Gasteiger charge is 2.28. The number of aryl methyl sites for hydroxylation is 1. The first-order valence-corrected chi connectivity index (χ1v) is 6.40. The molecular formula is C15H23NO2. The van der Waals surface area contributed by atoms with Gasteiger partial charge in [-0.25, -0.2) is 0 Å². The maximum atomic E-state index is 11.3. The van der Waals surface area contributed by atoms with E-state index in [0.717, 1.165) is 5.56 Å². The lowest BCUT2D eigenvalue weighted by Crippen LogP contribution is -2.31. The summed E-state index contributed by atoms with van der Waals surface area (Å²) in [5, 5.41) is 12.5. The Labute approximate surface area is 109 Å². The van der Waals surface area contributed by atoms with Gasteiger partial charge >= 0.3 is 5.97 Å². The molecule has 100 valence electrons. The molecule has 0 aliphatic rings. The van der Waals surface area contributed by atoms with Crippen molar-refractivity contribution in [3.05, 3.63) is 34.4 Å². The van der Waals surface area contributed by atoms with Crippen LogP contribution in [0.2, 0.25) is 0 Å². The number of hydrogen-bond donors (Lipinski definition) is 2. The summed E-state index contributed by atoms with van der Waals surface area (Å²) in [7, 11) is 1.82. The van der Waals surface area contributed by atoms with Crippen LogP contribution in [0.4, 0.5) is 0 Å². The van der Waals surface area contributed by atoms with Crippen molar-refractivity contribution in [2.24, 2.45) is 5.92 Å². The molecule has 0 radical (unpaired) electrons. The molecule has 2 unspecified atom stereocenters. The van der Waals surface area contributed by atoms with E-state index >= 15 is 0 Å². The fourth-order valence-electron chi connectivity index (χ4n) is 2.44. The van der Waals surface area contributed by atoms with Crippen molar-refractivity contribution in [2.75, 3.05) is 7.05 Å². The van der Waals surface area contributed by atoms with E-state index in [4.69, 9.17) is 0 Å². The molecule has 0 fully saturated rings. The summed E-state index contributed by atoms with van der Waals surface area (Å²) >= 11 is 0. The summed E-state index contributed by atoms with van der Waals surface area (Å²) in [6, 6.07) is 3.98. The molecule has 0 spiro atoms. The van der Waals surface area contributed by atoms with Gasteiger partial charge in [0.15, 0.2) is 0 Å². The van der Waals surface area contributed by atoms with Gasteiger partial charge in [-0.05, 0) is 56.5 Å². The highest BCUT2D eigenvalue weighted by Crippen LogP contribution is 2.29. The molecular weight excluding hydrogens is 226 g/mol. The molecule has 0 aliphatic carbocycles. The first kappa shape index (κ1) is 14.7. The van der Waals surface area contributed by atoms with E-state index in [1.54, 1.807) is 0 Å². The van der Waals surface area contributed by atoms with Gasteiger partial charge in [-0.15, -0.1) is 0 Å². The van der Waals surface area contributed by atoms with E-state index in [0.29, 0.717) is 6.42 Å². The van der Waals surface area contributed by atoms with Gasteiger partial charge in [0.1, 0.15) is 0 Å². The minimum atomic E-state index is -0.741. The van der Waals surface area contributed by atoms with Gasteiger partial charge in [0.2, 0.25) is 0 Å². The monoisotopic (exact) mass is 249 g/mol. The molecule has 0 saturated heterocycles. The second-order valence-corrected chi connectivity index (χ2v) is 4.84. The van der Waals surface area contributed by atoms with Crippen LogP contribution < -0.4 is 5.32 Å². The normalized spacial score (nSPS) is 14.3. The molecule has 0 heterocycles. The van der Waals surface area contributed by atoms with Crippen molar-refractivity contribution in [1.82, 2.24) is 5.32 Å². The molecule has 0 bridgehead atoms. The van der Waals surface area contributed by atoms with Crippen LogP contribution >= 0.6 is 0 Å². The number of carboxylic acids is 1. The van der Waals surface area contributed by atoms with Gasteiger partial charge in [0, 0.05) is 6.04 Å². The van der Waals surface area contributed by atoms with Gasteiger partial charge in [-0.3, -0.25) is 4.79 Å². The predicted molar refractivity (Wildman–Crippen MR) is 73.9 cm³/mol. The van der Waals surface area contributed by atoms with Crippen molar-refractivity contribution in [2.45, 2.75) is 40.2 Å². The number of carbonyl (C=O) groups is 1. The number of carboxylic acid groups (broad SMARTS) is 1. The molecule has 18 heavy (non-hydrogen) atoms. The summed E-state index contributed by atoms with van der Waals surface area (Å²) in [6.07, 6.45) is 0.618. The molecule has 3 nitrogen and oxygen atoms in total. The fourth-order valence-corrected chi connectivity index (χ4v) is 2.44. The van der Waals surface area contributed by atoms with E-state index in [1.807, 2.05) is 20.0 Å². The lowest BCUT2D eigenvalue weighted by Gasteiger charge is -2.25. The van der Waals surface area contributed by atoms with Gasteiger partial charge in [-0.2, -0.15) is 0 Å². The molecule has 3 heteroatoms. The Kier molecular flexibility index (Phi) is 4.91. The van der Waals surface area contributed by atoms with Gasteiger partial charge in [-0.1, -0.05) is 19.1 Å². The van der Waals surface area contributed by atoms with E-state index in [2.05, 4.69) is 32.2 Å². The topological polar surface area (TPSA) is 49.3 Å². The summed E-state index contributed by atoms with van der Waals surface area (Å²) in [6.45, 7) is 8.15. The first-order chi connectivity index (χ1) is 8.43. The Balaban J connectivity index is 3.25. The molecule has 2 atom stereocenters. The van der Waals surface area contributed by atoms with E-state index in [-0.39, 0.29) is 6.04 Å². The van der Waals surface area contributed by atoms with Gasteiger partial charge in [0.05, 0.1) is 5.92 Å². The van der Waals surface area contributed by atoms with Gasteiger partial charge in [0.25, 0.3) is 0 Å². The van der Waals surface area contributed by atoms with Crippen LogP contribution in [-0.4, -0.2) is 18.1 Å². The molecule has 0 saturated carbocycles. The molecule has 1 aromatic carbocycles. The molecule has 1 rings (SSSR count). The Morgan fingerprint density at radius 2 is 1.89 bits per heavy atom. The first-order valence-electron chi connectivity index (χ1n) is 6.40. The highest BCUT2D eigenvalue weighted by molar-refractivity contribution is 5.71. The zero-order valence-corrected chi connectivity index (χ0v) is 11.9. The smallest absolute Gasteiger partial charge is 0.308 e. The van der Waals surface area contributed by atoms with Crippen molar-refractivity contribution >= 4 is 5.97 Å². The highest BCUT2D eigenvalue weighted by atomic mass is 16.4. The van der Waals surface area contributed by atoms with E-state index in [9.17, 15) is 9.90 Å². The van der Waals surface area contributed by atoms with Crippen LogP contribution in [0.1, 0.15) is 41.6 Å². The third-order valence-electron chi connectivity index (χ3n) is 3.91. The van der Waals surface area contributed by atoms with Crippen LogP contribution in [0.3, 0.4) is 0 Å². The minimum absolute atomic E-state index is 0.133. The summed E-state index contributed by atoms with van der Waals surface area (Å²) < 4.78 is 0. The number of aliphatic carboxylic acids is 1. The summed E-state index contributed by atoms with van der Waals surface area (Å²) in [4.78, 5) is 11.3. The lowest BCUT2D eigenvalue weighted by molar-refractivity contribution is -0.143.